The summed E-state index contributed by atoms with van der Waals surface area (Å²) in [6.07, 6.45) is 13.1. The van der Waals surface area contributed by atoms with Crippen LogP contribution in [0.15, 0.2) is 12.2 Å². The third-order valence-corrected chi connectivity index (χ3v) is 3.75. The van der Waals surface area contributed by atoms with Crippen LogP contribution in [0.1, 0.15) is 59.3 Å². The van der Waals surface area contributed by atoms with Gasteiger partial charge in [-0.25, -0.2) is 0 Å². The van der Waals surface area contributed by atoms with Crippen molar-refractivity contribution in [3.05, 3.63) is 12.2 Å². The Morgan fingerprint density at radius 1 is 1.43 bits per heavy atom. The summed E-state index contributed by atoms with van der Waals surface area (Å²) in [5, 5.41) is 0. The van der Waals surface area contributed by atoms with Gasteiger partial charge in [-0.05, 0) is 37.5 Å². The van der Waals surface area contributed by atoms with Crippen LogP contribution >= 0.6 is 0 Å². The molecule has 0 aromatic heterocycles. The van der Waals surface area contributed by atoms with Crippen molar-refractivity contribution >= 4 is 0 Å². The fourth-order valence-corrected chi connectivity index (χ4v) is 2.29. The van der Waals surface area contributed by atoms with E-state index in [1.807, 2.05) is 0 Å². The van der Waals surface area contributed by atoms with Crippen LogP contribution in [0.25, 0.3) is 0 Å². The number of rotatable bonds is 7. The summed E-state index contributed by atoms with van der Waals surface area (Å²) in [6.45, 7) is 6.84. The first-order chi connectivity index (χ1) is 6.77. The number of hydrogen-bond donors (Lipinski definition) is 0. The Labute approximate surface area is 89.8 Å². The maximum atomic E-state index is 2.39. The second-order valence-corrected chi connectivity index (χ2v) is 4.98. The molecule has 0 heteroatoms. The molecule has 0 bridgehead atoms. The second-order valence-electron chi connectivity index (χ2n) is 4.98. The highest BCUT2D eigenvalue weighted by Crippen LogP contribution is 2.41. The summed E-state index contributed by atoms with van der Waals surface area (Å²) in [6, 6.07) is 0. The van der Waals surface area contributed by atoms with Gasteiger partial charge in [-0.15, -0.1) is 0 Å². The number of hydrogen-bond acceptors (Lipinski definition) is 0. The molecule has 3 unspecified atom stereocenters. The van der Waals surface area contributed by atoms with Crippen molar-refractivity contribution in [2.24, 2.45) is 17.8 Å². The van der Waals surface area contributed by atoms with Crippen LogP contribution in [0.5, 0.6) is 0 Å². The van der Waals surface area contributed by atoms with E-state index in [1.54, 1.807) is 0 Å². The van der Waals surface area contributed by atoms with E-state index in [0.29, 0.717) is 0 Å². The van der Waals surface area contributed by atoms with Gasteiger partial charge < -0.3 is 0 Å². The highest BCUT2D eigenvalue weighted by molar-refractivity contribution is 4.83. The van der Waals surface area contributed by atoms with Crippen LogP contribution in [-0.2, 0) is 0 Å². The molecule has 0 aromatic carbocycles. The number of allylic oxidation sites excluding steroid dienone is 2. The van der Waals surface area contributed by atoms with Gasteiger partial charge in [0.15, 0.2) is 0 Å². The van der Waals surface area contributed by atoms with Crippen molar-refractivity contribution in [2.75, 3.05) is 0 Å². The highest BCUT2D eigenvalue weighted by atomic mass is 14.4. The summed E-state index contributed by atoms with van der Waals surface area (Å²) in [7, 11) is 0. The molecule has 82 valence electrons. The first-order valence-corrected chi connectivity index (χ1v) is 6.39. The maximum absolute atomic E-state index is 2.39. The second kappa shape index (κ2) is 6.27. The lowest BCUT2D eigenvalue weighted by Crippen LogP contribution is -1.97. The first-order valence-electron chi connectivity index (χ1n) is 6.39. The van der Waals surface area contributed by atoms with Crippen molar-refractivity contribution in [3.63, 3.8) is 0 Å². The minimum Gasteiger partial charge on any atom is -0.0917 e. The minimum absolute atomic E-state index is 0.945. The largest absolute Gasteiger partial charge is 0.0917 e. The van der Waals surface area contributed by atoms with Gasteiger partial charge >= 0.3 is 0 Å². The highest BCUT2D eigenvalue weighted by Gasteiger charge is 2.31. The van der Waals surface area contributed by atoms with Gasteiger partial charge in [0.2, 0.25) is 0 Å². The Morgan fingerprint density at radius 2 is 2.14 bits per heavy atom. The molecule has 1 saturated carbocycles. The summed E-state index contributed by atoms with van der Waals surface area (Å²) in [5.74, 6) is 3.08. The molecule has 0 N–H and O–H groups in total. The lowest BCUT2D eigenvalue weighted by Gasteiger charge is -2.11. The predicted octanol–water partition coefficient (Wildman–Crippen LogP) is 4.81. The molecular weight excluding hydrogens is 168 g/mol. The Balaban J connectivity index is 2.01. The lowest BCUT2D eigenvalue weighted by molar-refractivity contribution is 0.439. The van der Waals surface area contributed by atoms with Gasteiger partial charge in [0, 0.05) is 0 Å². The van der Waals surface area contributed by atoms with E-state index in [0.717, 1.165) is 17.8 Å². The van der Waals surface area contributed by atoms with E-state index in [9.17, 15) is 0 Å². The van der Waals surface area contributed by atoms with Crippen LogP contribution in [0, 0.1) is 17.8 Å². The molecule has 0 aromatic rings. The molecule has 0 radical (unpaired) electrons. The zero-order valence-corrected chi connectivity index (χ0v) is 10.1. The van der Waals surface area contributed by atoms with Crippen molar-refractivity contribution in [3.8, 4) is 0 Å². The summed E-state index contributed by atoms with van der Waals surface area (Å²) >= 11 is 0. The molecule has 0 aliphatic heterocycles. The van der Waals surface area contributed by atoms with Crippen LogP contribution in [0.3, 0.4) is 0 Å². The van der Waals surface area contributed by atoms with Crippen molar-refractivity contribution in [1.29, 1.82) is 0 Å². The third-order valence-electron chi connectivity index (χ3n) is 3.75. The van der Waals surface area contributed by atoms with Crippen molar-refractivity contribution in [2.45, 2.75) is 59.3 Å². The molecule has 14 heavy (non-hydrogen) atoms. The minimum atomic E-state index is 0.945. The maximum Gasteiger partial charge on any atom is -0.0322 e. The van der Waals surface area contributed by atoms with Crippen molar-refractivity contribution in [1.82, 2.24) is 0 Å². The summed E-state index contributed by atoms with van der Waals surface area (Å²) in [5.41, 5.74) is 0. The fourth-order valence-electron chi connectivity index (χ4n) is 2.29. The third kappa shape index (κ3) is 4.30. The van der Waals surface area contributed by atoms with E-state index in [1.165, 1.54) is 38.5 Å². The van der Waals surface area contributed by atoms with Gasteiger partial charge in [-0.3, -0.25) is 0 Å². The Bertz CT molecular complexity index is 169. The van der Waals surface area contributed by atoms with Gasteiger partial charge in [0.05, 0.1) is 0 Å². The molecule has 1 rings (SSSR count). The van der Waals surface area contributed by atoms with Gasteiger partial charge in [-0.2, -0.15) is 0 Å². The fraction of sp³-hybridized carbons (Fsp3) is 0.857. The van der Waals surface area contributed by atoms with Gasteiger partial charge in [0.25, 0.3) is 0 Å². The standard InChI is InChI=1S/C14H26/c1-4-6-8-13(5-2)9-7-10-14-11-12(14)3/h4,6,12-14H,5,7-11H2,1-3H3. The quantitative estimate of drug-likeness (QED) is 0.510. The topological polar surface area (TPSA) is 0 Å². The Morgan fingerprint density at radius 3 is 2.64 bits per heavy atom. The van der Waals surface area contributed by atoms with E-state index in [4.69, 9.17) is 0 Å². The average Bonchev–Trinajstić information content (AvgIpc) is 2.88. The van der Waals surface area contributed by atoms with E-state index in [2.05, 4.69) is 32.9 Å². The molecule has 0 amide bonds. The Kier molecular flexibility index (Phi) is 5.29. The molecule has 1 fully saturated rings. The molecule has 1 aliphatic rings. The van der Waals surface area contributed by atoms with Crippen LogP contribution in [0.4, 0.5) is 0 Å². The molecule has 0 saturated heterocycles. The zero-order valence-electron chi connectivity index (χ0n) is 10.1. The van der Waals surface area contributed by atoms with Crippen molar-refractivity contribution < 1.29 is 0 Å². The molecule has 1 aliphatic carbocycles. The first kappa shape index (κ1) is 11.8. The summed E-state index contributed by atoms with van der Waals surface area (Å²) in [4.78, 5) is 0. The average molecular weight is 194 g/mol. The van der Waals surface area contributed by atoms with E-state index < -0.39 is 0 Å². The van der Waals surface area contributed by atoms with Gasteiger partial charge in [-0.1, -0.05) is 51.7 Å². The van der Waals surface area contributed by atoms with E-state index >= 15 is 0 Å². The smallest absolute Gasteiger partial charge is 0.0322 e. The zero-order chi connectivity index (χ0) is 10.4. The van der Waals surface area contributed by atoms with Crippen LogP contribution in [0.2, 0.25) is 0 Å². The monoisotopic (exact) mass is 194 g/mol. The van der Waals surface area contributed by atoms with E-state index in [-0.39, 0.29) is 0 Å². The molecule has 0 nitrogen and oxygen atoms in total. The Hall–Kier alpha value is -0.260. The van der Waals surface area contributed by atoms with Crippen LogP contribution < -0.4 is 0 Å². The summed E-state index contributed by atoms with van der Waals surface area (Å²) < 4.78 is 0. The molecule has 0 heterocycles. The molecular formula is C14H26. The normalized spacial score (nSPS) is 28.2. The molecule has 3 atom stereocenters. The van der Waals surface area contributed by atoms with Gasteiger partial charge in [0.1, 0.15) is 0 Å². The van der Waals surface area contributed by atoms with Crippen LogP contribution in [-0.4, -0.2) is 0 Å². The SMILES string of the molecule is CC=CCC(CC)CCCC1CC1C. The predicted molar refractivity (Wildman–Crippen MR) is 64.3 cm³/mol. The lowest BCUT2D eigenvalue weighted by atomic mass is 9.95. The molecule has 0 spiro atoms.